The van der Waals surface area contributed by atoms with Crippen LogP contribution < -0.4 is 0 Å². The maximum absolute atomic E-state index is 3.86. The molecule has 0 bridgehead atoms. The second-order valence-corrected chi connectivity index (χ2v) is 15.5. The van der Waals surface area contributed by atoms with Crippen LogP contribution in [0.2, 0.25) is 24.7 Å². The molecule has 0 aliphatic rings. The van der Waals surface area contributed by atoms with E-state index >= 15 is 0 Å². The lowest BCUT2D eigenvalue weighted by molar-refractivity contribution is 0.729. The third-order valence-electron chi connectivity index (χ3n) is 3.76. The van der Waals surface area contributed by atoms with E-state index in [1.54, 1.807) is 0 Å². The number of rotatable bonds is 4. The van der Waals surface area contributed by atoms with Crippen LogP contribution in [-0.4, -0.2) is 16.1 Å². The zero-order chi connectivity index (χ0) is 14.3. The summed E-state index contributed by atoms with van der Waals surface area (Å²) in [5.74, 6) is 0. The van der Waals surface area contributed by atoms with E-state index in [1.807, 2.05) is 17.1 Å². The first-order valence-electron chi connectivity index (χ1n) is 6.04. The monoisotopic (exact) mass is 266 g/mol. The van der Waals surface area contributed by atoms with E-state index < -0.39 is 16.1 Å². The van der Waals surface area contributed by atoms with Crippen LogP contribution >= 0.6 is 0 Å². The van der Waals surface area contributed by atoms with Gasteiger partial charge in [0.25, 0.3) is 0 Å². The smallest absolute Gasteiger partial charge is 0.107 e. The minimum absolute atomic E-state index is 0.467. The van der Waals surface area contributed by atoms with E-state index in [2.05, 4.69) is 72.4 Å². The van der Waals surface area contributed by atoms with Gasteiger partial charge in [-0.25, -0.2) is 0 Å². The lowest BCUT2D eigenvalue weighted by Crippen LogP contribution is -2.34. The first-order chi connectivity index (χ1) is 7.49. The van der Waals surface area contributed by atoms with E-state index in [-0.39, 0.29) is 0 Å². The lowest BCUT2D eigenvalue weighted by atomic mass is 10.2. The molecule has 0 fully saturated rings. The molecule has 0 aromatic heterocycles. The highest BCUT2D eigenvalue weighted by Crippen LogP contribution is 2.36. The normalized spacial score (nSPS) is 11.9. The Morgan fingerprint density at radius 3 is 1.00 bits per heavy atom. The fourth-order valence-electron chi connectivity index (χ4n) is 0.556. The van der Waals surface area contributed by atoms with Crippen LogP contribution in [0.1, 0.15) is 20.8 Å². The molecule has 0 saturated heterocycles. The molecule has 0 saturated carbocycles. The first-order valence-corrected chi connectivity index (χ1v) is 11.8. The molecule has 0 unspecified atom stereocenters. The van der Waals surface area contributed by atoms with Crippen LogP contribution in [0.15, 0.2) is 49.1 Å². The molecule has 0 nitrogen and oxygen atoms in total. The van der Waals surface area contributed by atoms with E-state index in [0.717, 1.165) is 0 Å². The second kappa shape index (κ2) is 6.97. The Bertz CT molecular complexity index is 258. The van der Waals surface area contributed by atoms with Gasteiger partial charge in [-0.3, -0.25) is 0 Å². The molecular weight excluding hydrogens is 236 g/mol. The van der Waals surface area contributed by atoms with Crippen LogP contribution in [0.25, 0.3) is 0 Å². The quantitative estimate of drug-likeness (QED) is 0.593. The van der Waals surface area contributed by atoms with Crippen molar-refractivity contribution >= 4 is 16.1 Å². The molecule has 0 atom stereocenters. The standard InChI is InChI=1S/C8H18Si.C7H12Si/c1-7-9(5,6)8(2,3)4;1-5-8(4,6-2)7-3/h7H,1H2,2-6H3;5-7H,1-3H2,4H3. The Labute approximate surface area is 111 Å². The van der Waals surface area contributed by atoms with Gasteiger partial charge in [-0.15, -0.1) is 32.0 Å². The molecule has 0 amide bonds. The van der Waals surface area contributed by atoms with Crippen LogP contribution in [0.5, 0.6) is 0 Å². The summed E-state index contributed by atoms with van der Waals surface area (Å²) in [6, 6.07) is 0. The summed E-state index contributed by atoms with van der Waals surface area (Å²) in [4.78, 5) is 0. The maximum atomic E-state index is 3.86. The molecule has 17 heavy (non-hydrogen) atoms. The van der Waals surface area contributed by atoms with Crippen LogP contribution in [0.4, 0.5) is 0 Å². The van der Waals surface area contributed by atoms with Gasteiger partial charge in [0, 0.05) is 0 Å². The van der Waals surface area contributed by atoms with Crippen molar-refractivity contribution in [3.8, 4) is 0 Å². The minimum Gasteiger partial charge on any atom is -0.107 e. The predicted octanol–water partition coefficient (Wildman–Crippen LogP) is 5.46. The van der Waals surface area contributed by atoms with Gasteiger partial charge < -0.3 is 0 Å². The van der Waals surface area contributed by atoms with Crippen molar-refractivity contribution in [3.63, 3.8) is 0 Å². The van der Waals surface area contributed by atoms with Gasteiger partial charge >= 0.3 is 0 Å². The molecule has 0 aromatic rings. The third kappa shape index (κ3) is 6.64. The average Bonchev–Trinajstić information content (AvgIpc) is 2.27. The molecule has 0 radical (unpaired) electrons. The fraction of sp³-hybridized carbons (Fsp3) is 0.467. The van der Waals surface area contributed by atoms with Crippen molar-refractivity contribution in [2.45, 2.75) is 45.5 Å². The van der Waals surface area contributed by atoms with Crippen molar-refractivity contribution < 1.29 is 0 Å². The van der Waals surface area contributed by atoms with Gasteiger partial charge in [0.1, 0.15) is 8.07 Å². The number of hydrogen-bond donors (Lipinski definition) is 0. The summed E-state index contributed by atoms with van der Waals surface area (Å²) < 4.78 is 0. The topological polar surface area (TPSA) is 0 Å². The van der Waals surface area contributed by atoms with E-state index in [4.69, 9.17) is 0 Å². The molecule has 0 aromatic carbocycles. The Hall–Kier alpha value is -0.606. The Balaban J connectivity index is 0. The second-order valence-electron chi connectivity index (χ2n) is 6.15. The summed E-state index contributed by atoms with van der Waals surface area (Å²) in [5.41, 5.74) is 8.01. The average molecular weight is 267 g/mol. The molecule has 0 aliphatic heterocycles. The molecule has 0 aliphatic carbocycles. The number of hydrogen-bond acceptors (Lipinski definition) is 0. The third-order valence-corrected chi connectivity index (χ3v) is 11.3. The SMILES string of the molecule is C=C[Si](C)(C)C(C)(C)C.C=C[Si](C)(C=C)C=C. The van der Waals surface area contributed by atoms with Gasteiger partial charge in [0.05, 0.1) is 8.07 Å². The molecule has 0 N–H and O–H groups in total. The van der Waals surface area contributed by atoms with Crippen LogP contribution in [-0.2, 0) is 0 Å². The van der Waals surface area contributed by atoms with Gasteiger partial charge in [0.2, 0.25) is 0 Å². The van der Waals surface area contributed by atoms with E-state index in [9.17, 15) is 0 Å². The fourth-order valence-corrected chi connectivity index (χ4v) is 1.67. The lowest BCUT2D eigenvalue weighted by Gasteiger charge is -2.33. The highest BCUT2D eigenvalue weighted by atomic mass is 28.3. The zero-order valence-corrected chi connectivity index (χ0v) is 14.6. The predicted molar refractivity (Wildman–Crippen MR) is 89.6 cm³/mol. The Kier molecular flexibility index (Phi) is 7.69. The van der Waals surface area contributed by atoms with E-state index in [0.29, 0.717) is 5.04 Å². The highest BCUT2D eigenvalue weighted by molar-refractivity contribution is 6.91. The molecule has 0 spiro atoms. The van der Waals surface area contributed by atoms with Gasteiger partial charge in [-0.1, -0.05) is 57.5 Å². The zero-order valence-electron chi connectivity index (χ0n) is 12.6. The highest BCUT2D eigenvalue weighted by Gasteiger charge is 2.31. The van der Waals surface area contributed by atoms with Gasteiger partial charge in [-0.05, 0) is 5.04 Å². The first kappa shape index (κ1) is 18.8. The van der Waals surface area contributed by atoms with Crippen molar-refractivity contribution in [1.29, 1.82) is 0 Å². The molecular formula is C15H30Si2. The van der Waals surface area contributed by atoms with Crippen LogP contribution in [0.3, 0.4) is 0 Å². The van der Waals surface area contributed by atoms with Crippen molar-refractivity contribution in [1.82, 2.24) is 0 Å². The van der Waals surface area contributed by atoms with Crippen molar-refractivity contribution in [2.75, 3.05) is 0 Å². The summed E-state index contributed by atoms with van der Waals surface area (Å²) >= 11 is 0. The van der Waals surface area contributed by atoms with Gasteiger partial charge in [0.15, 0.2) is 0 Å². The largest absolute Gasteiger partial charge is 0.121 e. The van der Waals surface area contributed by atoms with E-state index in [1.165, 1.54) is 0 Å². The molecule has 2 heteroatoms. The molecule has 0 heterocycles. The molecule has 98 valence electrons. The summed E-state index contributed by atoms with van der Waals surface area (Å²) in [6.07, 6.45) is 0. The summed E-state index contributed by atoms with van der Waals surface area (Å²) in [7, 11) is -2.49. The maximum Gasteiger partial charge on any atom is 0.121 e. The molecule has 0 rings (SSSR count). The van der Waals surface area contributed by atoms with Gasteiger partial charge in [-0.2, -0.15) is 0 Å². The van der Waals surface area contributed by atoms with Crippen molar-refractivity contribution in [3.05, 3.63) is 49.1 Å². The Morgan fingerprint density at radius 2 is 1.00 bits per heavy atom. The van der Waals surface area contributed by atoms with Crippen LogP contribution in [0, 0.1) is 0 Å². The van der Waals surface area contributed by atoms with Crippen molar-refractivity contribution in [2.24, 2.45) is 0 Å². The Morgan fingerprint density at radius 1 is 0.706 bits per heavy atom. The summed E-state index contributed by atoms with van der Waals surface area (Å²) in [5, 5.41) is 0.467. The summed E-state index contributed by atoms with van der Waals surface area (Å²) in [6.45, 7) is 28.7. The minimum atomic E-state index is -1.38.